The summed E-state index contributed by atoms with van der Waals surface area (Å²) >= 11 is 12.2. The van der Waals surface area contributed by atoms with E-state index < -0.39 is 17.7 Å². The van der Waals surface area contributed by atoms with E-state index in [1.807, 2.05) is 0 Å². The molecule has 102 valence electrons. The Bertz CT molecular complexity index is 686. The molecule has 0 amide bonds. The molecule has 0 saturated carbocycles. The molecule has 1 aliphatic rings. The summed E-state index contributed by atoms with van der Waals surface area (Å²) in [6, 6.07) is 14.0. The first-order valence-electron chi connectivity index (χ1n) is 5.97. The van der Waals surface area contributed by atoms with Crippen molar-refractivity contribution in [3.8, 4) is 0 Å². The van der Waals surface area contributed by atoms with E-state index in [1.54, 1.807) is 48.5 Å². The molecule has 2 aromatic rings. The number of hydrogen-bond donors (Lipinski definition) is 1. The van der Waals surface area contributed by atoms with Crippen LogP contribution >= 0.6 is 23.2 Å². The summed E-state index contributed by atoms with van der Waals surface area (Å²) in [6.07, 6.45) is -0.958. The van der Waals surface area contributed by atoms with Crippen LogP contribution in [-0.4, -0.2) is 17.2 Å². The molecule has 0 radical (unpaired) electrons. The minimum absolute atomic E-state index is 0.469. The standard InChI is InChI=1S/C15H10Cl2O3/c16-10-5-3-4-9(8-10)15(13(20-15)14(18)19)11-6-1-2-7-12(11)17/h1-8,13H,(H,18,19)/t13-,15-/m0/s1. The van der Waals surface area contributed by atoms with Crippen molar-refractivity contribution in [1.29, 1.82) is 0 Å². The first kappa shape index (κ1) is 13.4. The van der Waals surface area contributed by atoms with Crippen LogP contribution in [0.15, 0.2) is 48.5 Å². The SMILES string of the molecule is O=C(O)[C@@H]1O[C@@]1(c1cccc(Cl)c1)c1ccccc1Cl. The first-order chi connectivity index (χ1) is 9.55. The first-order valence-corrected chi connectivity index (χ1v) is 6.73. The van der Waals surface area contributed by atoms with Gasteiger partial charge in [0.25, 0.3) is 0 Å². The highest BCUT2D eigenvalue weighted by atomic mass is 35.5. The Balaban J connectivity index is 2.18. The normalized spacial score (nSPS) is 24.4. The zero-order valence-corrected chi connectivity index (χ0v) is 11.7. The number of rotatable bonds is 3. The van der Waals surface area contributed by atoms with Gasteiger partial charge in [-0.3, -0.25) is 0 Å². The van der Waals surface area contributed by atoms with Crippen LogP contribution in [-0.2, 0) is 15.1 Å². The summed E-state index contributed by atoms with van der Waals surface area (Å²) in [7, 11) is 0. The number of carboxylic acids is 1. The van der Waals surface area contributed by atoms with E-state index >= 15 is 0 Å². The predicted octanol–water partition coefficient (Wildman–Crippen LogP) is 3.72. The average molecular weight is 309 g/mol. The maximum absolute atomic E-state index is 11.3. The minimum Gasteiger partial charge on any atom is -0.479 e. The van der Waals surface area contributed by atoms with Crippen molar-refractivity contribution in [2.75, 3.05) is 0 Å². The molecule has 0 unspecified atom stereocenters. The van der Waals surface area contributed by atoms with Gasteiger partial charge < -0.3 is 9.84 Å². The van der Waals surface area contributed by atoms with E-state index in [2.05, 4.69) is 0 Å². The van der Waals surface area contributed by atoms with Gasteiger partial charge in [0.05, 0.1) is 0 Å². The maximum atomic E-state index is 11.3. The third-order valence-corrected chi connectivity index (χ3v) is 3.93. The van der Waals surface area contributed by atoms with Gasteiger partial charge in [-0.2, -0.15) is 0 Å². The number of epoxide rings is 1. The fourth-order valence-electron chi connectivity index (χ4n) is 2.44. The Morgan fingerprint density at radius 1 is 1.15 bits per heavy atom. The number of carboxylic acid groups (broad SMARTS) is 1. The van der Waals surface area contributed by atoms with Crippen molar-refractivity contribution in [2.24, 2.45) is 0 Å². The molecule has 20 heavy (non-hydrogen) atoms. The van der Waals surface area contributed by atoms with Crippen LogP contribution in [0, 0.1) is 0 Å². The van der Waals surface area contributed by atoms with Crippen molar-refractivity contribution >= 4 is 29.2 Å². The van der Waals surface area contributed by atoms with E-state index in [1.165, 1.54) is 0 Å². The van der Waals surface area contributed by atoms with Gasteiger partial charge in [-0.15, -0.1) is 0 Å². The van der Waals surface area contributed by atoms with Crippen molar-refractivity contribution in [3.05, 3.63) is 69.7 Å². The predicted molar refractivity (Wildman–Crippen MR) is 76.2 cm³/mol. The monoisotopic (exact) mass is 308 g/mol. The Hall–Kier alpha value is -1.55. The molecule has 0 spiro atoms. The second kappa shape index (κ2) is 4.77. The zero-order chi connectivity index (χ0) is 14.3. The van der Waals surface area contributed by atoms with Crippen molar-refractivity contribution < 1.29 is 14.6 Å². The average Bonchev–Trinajstić information content (AvgIpc) is 3.16. The zero-order valence-electron chi connectivity index (χ0n) is 10.2. The fourth-order valence-corrected chi connectivity index (χ4v) is 2.90. The number of hydrogen-bond acceptors (Lipinski definition) is 2. The molecule has 2 aromatic carbocycles. The second-order valence-corrected chi connectivity index (χ2v) is 5.41. The smallest absolute Gasteiger partial charge is 0.336 e. The van der Waals surface area contributed by atoms with E-state index in [9.17, 15) is 9.90 Å². The molecule has 3 nitrogen and oxygen atoms in total. The summed E-state index contributed by atoms with van der Waals surface area (Å²) in [6.45, 7) is 0. The highest BCUT2D eigenvalue weighted by Crippen LogP contribution is 2.53. The Labute approximate surface area is 125 Å². The van der Waals surface area contributed by atoms with Crippen LogP contribution < -0.4 is 0 Å². The lowest BCUT2D eigenvalue weighted by atomic mass is 9.88. The summed E-state index contributed by atoms with van der Waals surface area (Å²) in [5.74, 6) is -1.02. The van der Waals surface area contributed by atoms with Crippen LogP contribution in [0.5, 0.6) is 0 Å². The fraction of sp³-hybridized carbons (Fsp3) is 0.133. The van der Waals surface area contributed by atoms with Crippen molar-refractivity contribution in [1.82, 2.24) is 0 Å². The third-order valence-electron chi connectivity index (χ3n) is 3.37. The molecule has 3 rings (SSSR count). The number of carbonyl (C=O) groups is 1. The van der Waals surface area contributed by atoms with Gasteiger partial charge in [0.1, 0.15) is 0 Å². The summed E-state index contributed by atoms with van der Waals surface area (Å²) in [5, 5.41) is 10.3. The van der Waals surface area contributed by atoms with Crippen molar-refractivity contribution in [2.45, 2.75) is 11.7 Å². The Kier molecular flexibility index (Phi) is 3.21. The highest BCUT2D eigenvalue weighted by molar-refractivity contribution is 6.31. The number of aliphatic carboxylic acids is 1. The third kappa shape index (κ3) is 1.99. The van der Waals surface area contributed by atoms with Crippen LogP contribution in [0.25, 0.3) is 0 Å². The van der Waals surface area contributed by atoms with Crippen LogP contribution in [0.3, 0.4) is 0 Å². The van der Waals surface area contributed by atoms with Gasteiger partial charge in [-0.05, 0) is 23.8 Å². The van der Waals surface area contributed by atoms with Gasteiger partial charge in [-0.1, -0.05) is 53.5 Å². The highest BCUT2D eigenvalue weighted by Gasteiger charge is 2.64. The minimum atomic E-state index is -1.06. The van der Waals surface area contributed by atoms with E-state index in [-0.39, 0.29) is 0 Å². The van der Waals surface area contributed by atoms with Gasteiger partial charge in [0, 0.05) is 15.6 Å². The molecule has 5 heteroatoms. The lowest BCUT2D eigenvalue weighted by Crippen LogP contribution is -2.20. The van der Waals surface area contributed by atoms with Gasteiger partial charge in [0.2, 0.25) is 0 Å². The lowest BCUT2D eigenvalue weighted by molar-refractivity contribution is -0.138. The molecular weight excluding hydrogens is 299 g/mol. The molecule has 0 aliphatic carbocycles. The second-order valence-electron chi connectivity index (χ2n) is 4.56. The van der Waals surface area contributed by atoms with Crippen LogP contribution in [0.2, 0.25) is 10.0 Å². The molecule has 1 saturated heterocycles. The Morgan fingerprint density at radius 3 is 2.50 bits per heavy atom. The molecule has 1 N–H and O–H groups in total. The molecule has 1 aliphatic heterocycles. The summed E-state index contributed by atoms with van der Waals surface area (Å²) in [4.78, 5) is 11.3. The maximum Gasteiger partial charge on any atom is 0.336 e. The topological polar surface area (TPSA) is 49.8 Å². The van der Waals surface area contributed by atoms with Crippen LogP contribution in [0.4, 0.5) is 0 Å². The summed E-state index contributed by atoms with van der Waals surface area (Å²) < 4.78 is 5.53. The van der Waals surface area contributed by atoms with E-state index in [4.69, 9.17) is 27.9 Å². The molecule has 0 aromatic heterocycles. The Morgan fingerprint density at radius 2 is 1.90 bits per heavy atom. The molecule has 1 heterocycles. The number of halogens is 2. The van der Waals surface area contributed by atoms with Gasteiger partial charge in [0.15, 0.2) is 11.7 Å². The van der Waals surface area contributed by atoms with Crippen LogP contribution in [0.1, 0.15) is 11.1 Å². The van der Waals surface area contributed by atoms with Gasteiger partial charge in [-0.25, -0.2) is 4.79 Å². The van der Waals surface area contributed by atoms with Crippen molar-refractivity contribution in [3.63, 3.8) is 0 Å². The number of benzene rings is 2. The molecule has 1 fully saturated rings. The molecule has 2 atom stereocenters. The largest absolute Gasteiger partial charge is 0.479 e. The summed E-state index contributed by atoms with van der Waals surface area (Å²) in [5.41, 5.74) is 0.261. The molecule has 0 bridgehead atoms. The van der Waals surface area contributed by atoms with Gasteiger partial charge >= 0.3 is 5.97 Å². The molecular formula is C15H10Cl2O3. The lowest BCUT2D eigenvalue weighted by Gasteiger charge is -2.15. The quantitative estimate of drug-likeness (QED) is 0.879. The number of ether oxygens (including phenoxy) is 1. The van der Waals surface area contributed by atoms with E-state index in [0.717, 1.165) is 0 Å². The van der Waals surface area contributed by atoms with E-state index in [0.29, 0.717) is 21.2 Å².